The molecule has 1 aromatic rings. The summed E-state index contributed by atoms with van der Waals surface area (Å²) in [5, 5.41) is 0. The molecule has 1 heterocycles. The van der Waals surface area contributed by atoms with Crippen LogP contribution in [0.2, 0.25) is 0 Å². The van der Waals surface area contributed by atoms with Gasteiger partial charge in [-0.05, 0) is 19.4 Å². The molecule has 4 nitrogen and oxygen atoms in total. The van der Waals surface area contributed by atoms with Crippen LogP contribution >= 0.6 is 0 Å². The van der Waals surface area contributed by atoms with E-state index in [2.05, 4.69) is 0 Å². The lowest BCUT2D eigenvalue weighted by molar-refractivity contribution is 0.0779. The Morgan fingerprint density at radius 3 is 2.65 bits per heavy atom. The Morgan fingerprint density at radius 1 is 1.47 bits per heavy atom. The standard InChI is InChI=1S/C13H18N2O2/c1-10(11-6-4-3-5-7-11)15-9-13(2,8-14)17-12(15)16/h3-7,10H,8-9,14H2,1-2H3. The Kier molecular flexibility index (Phi) is 3.07. The number of carbonyl (C=O) groups excluding carboxylic acids is 1. The Balaban J connectivity index is 2.17. The normalized spacial score (nSPS) is 25.8. The summed E-state index contributed by atoms with van der Waals surface area (Å²) in [6.45, 7) is 4.75. The SMILES string of the molecule is CC(c1ccccc1)N1CC(C)(CN)OC1=O. The predicted molar refractivity (Wildman–Crippen MR) is 65.5 cm³/mol. The highest BCUT2D eigenvalue weighted by molar-refractivity contribution is 5.71. The van der Waals surface area contributed by atoms with Crippen molar-refractivity contribution in [3.05, 3.63) is 35.9 Å². The summed E-state index contributed by atoms with van der Waals surface area (Å²) in [4.78, 5) is 13.5. The lowest BCUT2D eigenvalue weighted by atomic mass is 10.0. The summed E-state index contributed by atoms with van der Waals surface area (Å²) in [5.41, 5.74) is 6.17. The lowest BCUT2D eigenvalue weighted by Gasteiger charge is -2.23. The second kappa shape index (κ2) is 4.37. The van der Waals surface area contributed by atoms with Crippen LogP contribution in [0.5, 0.6) is 0 Å². The zero-order chi connectivity index (χ0) is 12.5. The molecule has 1 aromatic carbocycles. The minimum absolute atomic E-state index is 0.0112. The van der Waals surface area contributed by atoms with E-state index in [1.54, 1.807) is 4.90 Å². The average Bonchev–Trinajstić information content (AvgIpc) is 2.66. The molecular formula is C13H18N2O2. The first-order valence-electron chi connectivity index (χ1n) is 5.80. The fraction of sp³-hybridized carbons (Fsp3) is 0.462. The molecule has 2 N–H and O–H groups in total. The Hall–Kier alpha value is -1.55. The molecular weight excluding hydrogens is 216 g/mol. The van der Waals surface area contributed by atoms with Crippen molar-refractivity contribution in [2.45, 2.75) is 25.5 Å². The van der Waals surface area contributed by atoms with E-state index in [0.29, 0.717) is 13.1 Å². The molecule has 4 heteroatoms. The average molecular weight is 234 g/mol. The van der Waals surface area contributed by atoms with Gasteiger partial charge in [-0.25, -0.2) is 4.79 Å². The van der Waals surface area contributed by atoms with E-state index in [0.717, 1.165) is 5.56 Å². The van der Waals surface area contributed by atoms with Crippen LogP contribution in [-0.2, 0) is 4.74 Å². The molecule has 2 unspecified atom stereocenters. The molecule has 0 aromatic heterocycles. The second-order valence-corrected chi connectivity index (χ2v) is 4.74. The van der Waals surface area contributed by atoms with Crippen LogP contribution < -0.4 is 5.73 Å². The topological polar surface area (TPSA) is 55.6 Å². The second-order valence-electron chi connectivity index (χ2n) is 4.74. The number of benzene rings is 1. The van der Waals surface area contributed by atoms with Crippen LogP contribution in [0.15, 0.2) is 30.3 Å². The molecule has 2 rings (SSSR count). The molecule has 2 atom stereocenters. The quantitative estimate of drug-likeness (QED) is 0.869. The lowest BCUT2D eigenvalue weighted by Crippen LogP contribution is -2.39. The van der Waals surface area contributed by atoms with E-state index >= 15 is 0 Å². The first-order chi connectivity index (χ1) is 8.06. The van der Waals surface area contributed by atoms with Crippen LogP contribution in [0.4, 0.5) is 4.79 Å². The number of nitrogens with two attached hydrogens (primary N) is 1. The highest BCUT2D eigenvalue weighted by atomic mass is 16.6. The molecule has 0 bridgehead atoms. The summed E-state index contributed by atoms with van der Waals surface area (Å²) in [6, 6.07) is 9.93. The summed E-state index contributed by atoms with van der Waals surface area (Å²) in [5.74, 6) is 0. The number of ether oxygens (including phenoxy) is 1. The Labute approximate surface area is 101 Å². The van der Waals surface area contributed by atoms with Crippen LogP contribution in [-0.4, -0.2) is 29.7 Å². The molecule has 1 amide bonds. The predicted octanol–water partition coefficient (Wildman–Crippen LogP) is 1.92. The Bertz CT molecular complexity index is 407. The highest BCUT2D eigenvalue weighted by Gasteiger charge is 2.42. The molecule has 17 heavy (non-hydrogen) atoms. The Morgan fingerprint density at radius 2 is 2.12 bits per heavy atom. The van der Waals surface area contributed by atoms with Crippen molar-refractivity contribution in [2.75, 3.05) is 13.1 Å². The van der Waals surface area contributed by atoms with Gasteiger partial charge in [0.15, 0.2) is 0 Å². The van der Waals surface area contributed by atoms with Crippen LogP contribution in [0, 0.1) is 0 Å². The van der Waals surface area contributed by atoms with Gasteiger partial charge >= 0.3 is 6.09 Å². The maximum Gasteiger partial charge on any atom is 0.411 e. The number of carbonyl (C=O) groups is 1. The minimum Gasteiger partial charge on any atom is -0.440 e. The summed E-state index contributed by atoms with van der Waals surface area (Å²) in [7, 11) is 0. The third kappa shape index (κ3) is 2.26. The van der Waals surface area contributed by atoms with E-state index < -0.39 is 5.60 Å². The van der Waals surface area contributed by atoms with Crippen molar-refractivity contribution >= 4 is 6.09 Å². The summed E-state index contributed by atoms with van der Waals surface area (Å²) >= 11 is 0. The van der Waals surface area contributed by atoms with Crippen molar-refractivity contribution in [2.24, 2.45) is 5.73 Å². The molecule has 92 valence electrons. The van der Waals surface area contributed by atoms with Crippen molar-refractivity contribution in [3.63, 3.8) is 0 Å². The first kappa shape index (κ1) is 11.9. The molecule has 0 spiro atoms. The maximum atomic E-state index is 11.8. The summed E-state index contributed by atoms with van der Waals surface area (Å²) in [6.07, 6.45) is -0.283. The monoisotopic (exact) mass is 234 g/mol. The summed E-state index contributed by atoms with van der Waals surface area (Å²) < 4.78 is 5.32. The molecule has 1 saturated heterocycles. The van der Waals surface area contributed by atoms with Crippen LogP contribution in [0.1, 0.15) is 25.5 Å². The van der Waals surface area contributed by atoms with E-state index in [1.165, 1.54) is 0 Å². The third-order valence-corrected chi connectivity index (χ3v) is 3.25. The molecule has 1 fully saturated rings. The van der Waals surface area contributed by atoms with Gasteiger partial charge in [0, 0.05) is 6.54 Å². The maximum absolute atomic E-state index is 11.8. The van der Waals surface area contributed by atoms with Crippen molar-refractivity contribution in [1.82, 2.24) is 4.90 Å². The van der Waals surface area contributed by atoms with Gasteiger partial charge in [-0.3, -0.25) is 4.90 Å². The third-order valence-electron chi connectivity index (χ3n) is 3.25. The minimum atomic E-state index is -0.555. The number of cyclic esters (lactones) is 1. The number of hydrogen-bond donors (Lipinski definition) is 1. The smallest absolute Gasteiger partial charge is 0.411 e. The zero-order valence-corrected chi connectivity index (χ0v) is 10.2. The molecule has 0 saturated carbocycles. The number of nitrogens with zero attached hydrogens (tertiary/aromatic N) is 1. The fourth-order valence-electron chi connectivity index (χ4n) is 2.04. The van der Waals surface area contributed by atoms with Gasteiger partial charge in [0.05, 0.1) is 12.6 Å². The molecule has 0 radical (unpaired) electrons. The van der Waals surface area contributed by atoms with Crippen LogP contribution in [0.3, 0.4) is 0 Å². The number of amides is 1. The number of hydrogen-bond acceptors (Lipinski definition) is 3. The van der Waals surface area contributed by atoms with Crippen molar-refractivity contribution in [3.8, 4) is 0 Å². The van der Waals surface area contributed by atoms with Gasteiger partial charge in [-0.1, -0.05) is 30.3 Å². The van der Waals surface area contributed by atoms with Crippen LogP contribution in [0.25, 0.3) is 0 Å². The fourth-order valence-corrected chi connectivity index (χ4v) is 2.04. The largest absolute Gasteiger partial charge is 0.440 e. The van der Waals surface area contributed by atoms with Gasteiger partial charge in [0.25, 0.3) is 0 Å². The first-order valence-corrected chi connectivity index (χ1v) is 5.80. The zero-order valence-electron chi connectivity index (χ0n) is 10.2. The molecule has 1 aliphatic rings. The number of rotatable bonds is 3. The van der Waals surface area contributed by atoms with Gasteiger partial charge in [0.1, 0.15) is 5.60 Å². The van der Waals surface area contributed by atoms with Crippen molar-refractivity contribution < 1.29 is 9.53 Å². The van der Waals surface area contributed by atoms with Gasteiger partial charge in [-0.15, -0.1) is 0 Å². The van der Waals surface area contributed by atoms with Crippen molar-refractivity contribution in [1.29, 1.82) is 0 Å². The van der Waals surface area contributed by atoms with Gasteiger partial charge in [0.2, 0.25) is 0 Å². The van der Waals surface area contributed by atoms with E-state index in [9.17, 15) is 4.79 Å². The van der Waals surface area contributed by atoms with E-state index in [1.807, 2.05) is 44.2 Å². The molecule has 0 aliphatic carbocycles. The van der Waals surface area contributed by atoms with Gasteiger partial charge < -0.3 is 10.5 Å². The van der Waals surface area contributed by atoms with E-state index in [4.69, 9.17) is 10.5 Å². The molecule has 1 aliphatic heterocycles. The van der Waals surface area contributed by atoms with E-state index in [-0.39, 0.29) is 12.1 Å². The van der Waals surface area contributed by atoms with Gasteiger partial charge in [-0.2, -0.15) is 0 Å². The highest BCUT2D eigenvalue weighted by Crippen LogP contribution is 2.29.